The molecule has 92 valence electrons. The van der Waals surface area contributed by atoms with Crippen LogP contribution in [-0.2, 0) is 11.2 Å². The molecule has 0 radical (unpaired) electrons. The molecule has 0 bridgehead atoms. The molecule has 0 unspecified atom stereocenters. The van der Waals surface area contributed by atoms with Crippen molar-refractivity contribution in [2.24, 2.45) is 0 Å². The smallest absolute Gasteiger partial charge is 0.224 e. The van der Waals surface area contributed by atoms with Crippen LogP contribution < -0.4 is 5.32 Å². The molecular weight excluding hydrogens is 224 g/mol. The molecule has 0 heterocycles. The number of benzene rings is 1. The average molecular weight is 239 g/mol. The van der Waals surface area contributed by atoms with Crippen LogP contribution in [0.1, 0.15) is 18.9 Å². The first-order chi connectivity index (χ1) is 8.13. The first-order valence-electron chi connectivity index (χ1n) is 5.45. The summed E-state index contributed by atoms with van der Waals surface area (Å²) in [5.41, 5.74) is 0.465. The van der Waals surface area contributed by atoms with Gasteiger partial charge in [0, 0.05) is 6.54 Å². The predicted molar refractivity (Wildman–Crippen MR) is 62.5 cm³/mol. The lowest BCUT2D eigenvalue weighted by atomic mass is 10.1. The molecule has 4 heteroatoms. The molecule has 1 N–H and O–H groups in total. The summed E-state index contributed by atoms with van der Waals surface area (Å²) >= 11 is 0. The zero-order chi connectivity index (χ0) is 12.7. The van der Waals surface area contributed by atoms with Crippen LogP contribution in [-0.4, -0.2) is 12.5 Å². The molecule has 1 rings (SSSR count). The van der Waals surface area contributed by atoms with Crippen LogP contribution in [0.5, 0.6) is 0 Å². The highest BCUT2D eigenvalue weighted by atomic mass is 19.2. The van der Waals surface area contributed by atoms with Crippen molar-refractivity contribution in [2.75, 3.05) is 6.54 Å². The molecular formula is C13H15F2NO. The number of halogens is 2. The standard InChI is InChI=1S/C13H15F2NO/c1-2-3-4-7-16-13(17)9-10-5-6-11(14)12(15)8-10/h2-3,5-6,8H,4,7,9H2,1H3,(H,16,17)/b3-2+. The van der Waals surface area contributed by atoms with E-state index < -0.39 is 11.6 Å². The maximum atomic E-state index is 12.9. The molecule has 0 saturated carbocycles. The molecule has 1 aromatic rings. The van der Waals surface area contributed by atoms with Crippen LogP contribution in [0.2, 0.25) is 0 Å². The Morgan fingerprint density at radius 1 is 1.35 bits per heavy atom. The summed E-state index contributed by atoms with van der Waals surface area (Å²) in [6.45, 7) is 2.45. The highest BCUT2D eigenvalue weighted by molar-refractivity contribution is 5.78. The summed E-state index contributed by atoms with van der Waals surface area (Å²) in [6.07, 6.45) is 4.67. The zero-order valence-corrected chi connectivity index (χ0v) is 9.67. The second kappa shape index (κ2) is 6.78. The number of nitrogens with one attached hydrogen (secondary N) is 1. The van der Waals surface area contributed by atoms with Crippen molar-refractivity contribution in [3.63, 3.8) is 0 Å². The molecule has 0 aromatic heterocycles. The van der Waals surface area contributed by atoms with Crippen LogP contribution in [0.4, 0.5) is 8.78 Å². The molecule has 0 aliphatic heterocycles. The second-order valence-corrected chi connectivity index (χ2v) is 3.63. The Balaban J connectivity index is 2.42. The highest BCUT2D eigenvalue weighted by Crippen LogP contribution is 2.09. The van der Waals surface area contributed by atoms with Gasteiger partial charge in [-0.3, -0.25) is 4.79 Å². The number of carbonyl (C=O) groups is 1. The van der Waals surface area contributed by atoms with Crippen molar-refractivity contribution in [2.45, 2.75) is 19.8 Å². The molecule has 0 saturated heterocycles. The van der Waals surface area contributed by atoms with E-state index in [1.165, 1.54) is 6.07 Å². The second-order valence-electron chi connectivity index (χ2n) is 3.63. The van der Waals surface area contributed by atoms with Gasteiger partial charge in [-0.1, -0.05) is 18.2 Å². The van der Waals surface area contributed by atoms with Gasteiger partial charge >= 0.3 is 0 Å². The number of rotatable bonds is 5. The summed E-state index contributed by atoms with van der Waals surface area (Å²) in [4.78, 5) is 11.4. The van der Waals surface area contributed by atoms with Gasteiger partial charge in [0.15, 0.2) is 11.6 Å². The van der Waals surface area contributed by atoms with Crippen molar-refractivity contribution in [1.29, 1.82) is 0 Å². The van der Waals surface area contributed by atoms with Crippen molar-refractivity contribution in [1.82, 2.24) is 5.32 Å². The van der Waals surface area contributed by atoms with Crippen LogP contribution >= 0.6 is 0 Å². The minimum absolute atomic E-state index is 0.0625. The van der Waals surface area contributed by atoms with Gasteiger partial charge in [0.2, 0.25) is 5.91 Å². The largest absolute Gasteiger partial charge is 0.356 e. The lowest BCUT2D eigenvalue weighted by Crippen LogP contribution is -2.25. The SMILES string of the molecule is C/C=C/CCNC(=O)Cc1ccc(F)c(F)c1. The third-order valence-electron chi connectivity index (χ3n) is 2.22. The number of carbonyl (C=O) groups excluding carboxylic acids is 1. The molecule has 0 atom stereocenters. The number of amides is 1. The summed E-state index contributed by atoms with van der Waals surface area (Å²) in [6, 6.07) is 3.47. The Labute approximate surface area is 99.3 Å². The van der Waals surface area contributed by atoms with Gasteiger partial charge in [0.05, 0.1) is 6.42 Å². The molecule has 0 aliphatic carbocycles. The molecule has 0 fully saturated rings. The topological polar surface area (TPSA) is 29.1 Å². The van der Waals surface area contributed by atoms with E-state index in [2.05, 4.69) is 5.32 Å². The maximum absolute atomic E-state index is 12.9. The van der Waals surface area contributed by atoms with Gasteiger partial charge in [-0.05, 0) is 31.0 Å². The lowest BCUT2D eigenvalue weighted by Gasteiger charge is -2.04. The van der Waals surface area contributed by atoms with E-state index in [1.54, 1.807) is 0 Å². The third kappa shape index (κ3) is 4.76. The third-order valence-corrected chi connectivity index (χ3v) is 2.22. The van der Waals surface area contributed by atoms with Crippen LogP contribution in [0.25, 0.3) is 0 Å². The lowest BCUT2D eigenvalue weighted by molar-refractivity contribution is -0.120. The van der Waals surface area contributed by atoms with E-state index in [0.29, 0.717) is 12.1 Å². The van der Waals surface area contributed by atoms with Gasteiger partial charge in [0.1, 0.15) is 0 Å². The first-order valence-corrected chi connectivity index (χ1v) is 5.45. The number of allylic oxidation sites excluding steroid dienone is 1. The number of hydrogen-bond donors (Lipinski definition) is 1. The van der Waals surface area contributed by atoms with E-state index in [-0.39, 0.29) is 12.3 Å². The summed E-state index contributed by atoms with van der Waals surface area (Å²) in [5.74, 6) is -2.02. The molecule has 1 amide bonds. The van der Waals surface area contributed by atoms with Gasteiger partial charge in [-0.15, -0.1) is 0 Å². The maximum Gasteiger partial charge on any atom is 0.224 e. The Bertz CT molecular complexity index is 416. The fraction of sp³-hybridized carbons (Fsp3) is 0.308. The van der Waals surface area contributed by atoms with Crippen LogP contribution in [0.15, 0.2) is 30.4 Å². The summed E-state index contributed by atoms with van der Waals surface area (Å²) in [7, 11) is 0. The average Bonchev–Trinajstić information content (AvgIpc) is 2.30. The van der Waals surface area contributed by atoms with E-state index in [1.807, 2.05) is 19.1 Å². The summed E-state index contributed by atoms with van der Waals surface area (Å²) < 4.78 is 25.5. The van der Waals surface area contributed by atoms with Crippen LogP contribution in [0.3, 0.4) is 0 Å². The molecule has 2 nitrogen and oxygen atoms in total. The van der Waals surface area contributed by atoms with Crippen LogP contribution in [0, 0.1) is 11.6 Å². The van der Waals surface area contributed by atoms with E-state index in [9.17, 15) is 13.6 Å². The molecule has 0 spiro atoms. The quantitative estimate of drug-likeness (QED) is 0.621. The van der Waals surface area contributed by atoms with Gasteiger partial charge in [-0.2, -0.15) is 0 Å². The fourth-order valence-corrected chi connectivity index (χ4v) is 1.36. The highest BCUT2D eigenvalue weighted by Gasteiger charge is 2.06. The van der Waals surface area contributed by atoms with Crippen molar-refractivity contribution >= 4 is 5.91 Å². The van der Waals surface area contributed by atoms with Gasteiger partial charge < -0.3 is 5.32 Å². The predicted octanol–water partition coefficient (Wildman–Crippen LogP) is 2.59. The Morgan fingerprint density at radius 2 is 2.12 bits per heavy atom. The van der Waals surface area contributed by atoms with Crippen molar-refractivity contribution in [3.8, 4) is 0 Å². The number of hydrogen-bond acceptors (Lipinski definition) is 1. The minimum atomic E-state index is -0.927. The van der Waals surface area contributed by atoms with Crippen molar-refractivity contribution < 1.29 is 13.6 Å². The fourth-order valence-electron chi connectivity index (χ4n) is 1.36. The monoisotopic (exact) mass is 239 g/mol. The minimum Gasteiger partial charge on any atom is -0.356 e. The normalized spacial score (nSPS) is 10.8. The first kappa shape index (κ1) is 13.4. The Kier molecular flexibility index (Phi) is 5.33. The van der Waals surface area contributed by atoms with E-state index in [0.717, 1.165) is 18.6 Å². The molecule has 17 heavy (non-hydrogen) atoms. The molecule has 1 aromatic carbocycles. The zero-order valence-electron chi connectivity index (χ0n) is 9.67. The van der Waals surface area contributed by atoms with Gasteiger partial charge in [-0.25, -0.2) is 8.78 Å². The molecule has 0 aliphatic rings. The Hall–Kier alpha value is -1.71. The summed E-state index contributed by atoms with van der Waals surface area (Å²) in [5, 5.41) is 2.69. The van der Waals surface area contributed by atoms with Crippen molar-refractivity contribution in [3.05, 3.63) is 47.5 Å². The van der Waals surface area contributed by atoms with E-state index in [4.69, 9.17) is 0 Å². The van der Waals surface area contributed by atoms with E-state index >= 15 is 0 Å². The Morgan fingerprint density at radius 3 is 2.76 bits per heavy atom. The van der Waals surface area contributed by atoms with Gasteiger partial charge in [0.25, 0.3) is 0 Å².